The van der Waals surface area contributed by atoms with Gasteiger partial charge in [-0.25, -0.2) is 4.79 Å². The molecular weight excluding hydrogens is 316 g/mol. The van der Waals surface area contributed by atoms with E-state index in [1.807, 2.05) is 0 Å². The number of ether oxygens (including phenoxy) is 1. The van der Waals surface area contributed by atoms with Crippen LogP contribution in [0.3, 0.4) is 0 Å². The van der Waals surface area contributed by atoms with Gasteiger partial charge in [-0.2, -0.15) is 0 Å². The molecule has 1 aliphatic rings. The Morgan fingerprint density at radius 1 is 1.08 bits per heavy atom. The summed E-state index contributed by atoms with van der Waals surface area (Å²) in [5, 5.41) is 11.6. The Morgan fingerprint density at radius 2 is 1.75 bits per heavy atom. The predicted octanol–water partition coefficient (Wildman–Crippen LogP) is 0.692. The molecule has 0 saturated carbocycles. The van der Waals surface area contributed by atoms with Gasteiger partial charge >= 0.3 is 11.9 Å². The van der Waals surface area contributed by atoms with Crippen molar-refractivity contribution in [3.8, 4) is 0 Å². The van der Waals surface area contributed by atoms with Gasteiger partial charge in [0.25, 0.3) is 0 Å². The first kappa shape index (κ1) is 19.9. The number of rotatable bonds is 9. The van der Waals surface area contributed by atoms with Gasteiger partial charge in [0.1, 0.15) is 6.04 Å². The molecule has 0 spiro atoms. The Bertz CT molecular complexity index is 459. The molecule has 0 aromatic rings. The number of piperidine rings is 1. The maximum atomic E-state index is 12.1. The first-order valence-corrected chi connectivity index (χ1v) is 8.30. The van der Waals surface area contributed by atoms with Crippen LogP contribution in [0.15, 0.2) is 0 Å². The molecule has 1 saturated heterocycles. The summed E-state index contributed by atoms with van der Waals surface area (Å²) in [6.45, 7) is 1.44. The molecule has 1 heterocycles. The van der Waals surface area contributed by atoms with Crippen LogP contribution in [-0.2, 0) is 23.9 Å². The molecule has 1 unspecified atom stereocenters. The van der Waals surface area contributed by atoms with E-state index in [2.05, 4.69) is 10.1 Å². The van der Waals surface area contributed by atoms with Crippen LogP contribution in [0.2, 0.25) is 0 Å². The molecule has 136 valence electrons. The third-order valence-corrected chi connectivity index (χ3v) is 4.00. The number of esters is 1. The van der Waals surface area contributed by atoms with Gasteiger partial charge < -0.3 is 20.1 Å². The maximum Gasteiger partial charge on any atom is 0.326 e. The molecule has 0 aliphatic carbocycles. The van der Waals surface area contributed by atoms with Crippen LogP contribution in [0.4, 0.5) is 0 Å². The number of nitrogens with one attached hydrogen (secondary N) is 1. The van der Waals surface area contributed by atoms with Crippen LogP contribution in [0.25, 0.3) is 0 Å². The lowest BCUT2D eigenvalue weighted by Crippen LogP contribution is -2.42. The van der Waals surface area contributed by atoms with Gasteiger partial charge in [-0.15, -0.1) is 0 Å². The minimum atomic E-state index is -1.16. The highest BCUT2D eigenvalue weighted by molar-refractivity contribution is 5.84. The molecule has 1 fully saturated rings. The molecule has 8 nitrogen and oxygen atoms in total. The summed E-state index contributed by atoms with van der Waals surface area (Å²) in [7, 11) is 1.27. The number of hydrogen-bond acceptors (Lipinski definition) is 5. The van der Waals surface area contributed by atoms with E-state index in [4.69, 9.17) is 0 Å². The van der Waals surface area contributed by atoms with E-state index in [0.29, 0.717) is 0 Å². The SMILES string of the molecule is COC(=O)CCCC(=O)NC(CCC(=O)N1CCCCC1)C(=O)O. The molecule has 2 amide bonds. The van der Waals surface area contributed by atoms with E-state index in [-0.39, 0.29) is 38.0 Å². The van der Waals surface area contributed by atoms with Gasteiger partial charge in [0.05, 0.1) is 7.11 Å². The van der Waals surface area contributed by atoms with E-state index in [0.717, 1.165) is 32.4 Å². The molecule has 1 aliphatic heterocycles. The maximum absolute atomic E-state index is 12.1. The molecule has 2 N–H and O–H groups in total. The van der Waals surface area contributed by atoms with Crippen LogP contribution >= 0.6 is 0 Å². The number of carboxylic acids is 1. The van der Waals surface area contributed by atoms with Gasteiger partial charge in [-0.1, -0.05) is 0 Å². The van der Waals surface area contributed by atoms with Gasteiger partial charge in [0, 0.05) is 32.4 Å². The standard InChI is InChI=1S/C16H26N2O6/c1-24-15(21)7-5-6-13(19)17-12(16(22)23)8-9-14(20)18-10-3-2-4-11-18/h12H,2-11H2,1H3,(H,17,19)(H,22,23). The van der Waals surface area contributed by atoms with E-state index in [1.165, 1.54) is 7.11 Å². The first-order valence-electron chi connectivity index (χ1n) is 8.30. The second-order valence-electron chi connectivity index (χ2n) is 5.87. The smallest absolute Gasteiger partial charge is 0.326 e. The Kier molecular flexibility index (Phi) is 8.81. The van der Waals surface area contributed by atoms with Gasteiger partial charge in [0.15, 0.2) is 0 Å². The number of amides is 2. The summed E-state index contributed by atoms with van der Waals surface area (Å²) < 4.78 is 4.47. The Balaban J connectivity index is 2.34. The number of likely N-dealkylation sites (tertiary alicyclic amines) is 1. The lowest BCUT2D eigenvalue weighted by atomic mass is 10.1. The summed E-state index contributed by atoms with van der Waals surface area (Å²) in [6, 6.07) is -1.09. The minimum absolute atomic E-state index is 0.0406. The van der Waals surface area contributed by atoms with Crippen molar-refractivity contribution in [3.63, 3.8) is 0 Å². The number of methoxy groups -OCH3 is 1. The van der Waals surface area contributed by atoms with Crippen LogP contribution in [0.5, 0.6) is 0 Å². The summed E-state index contributed by atoms with van der Waals surface area (Å²) in [5.74, 6) is -2.09. The van der Waals surface area contributed by atoms with Crippen molar-refractivity contribution >= 4 is 23.8 Å². The topological polar surface area (TPSA) is 113 Å². The fourth-order valence-corrected chi connectivity index (χ4v) is 2.59. The number of carbonyl (C=O) groups excluding carboxylic acids is 3. The third-order valence-electron chi connectivity index (χ3n) is 4.00. The van der Waals surface area contributed by atoms with Crippen molar-refractivity contribution < 1.29 is 29.0 Å². The Hall–Kier alpha value is -2.12. The fraction of sp³-hybridized carbons (Fsp3) is 0.750. The summed E-state index contributed by atoms with van der Waals surface area (Å²) in [6.07, 6.45) is 3.66. The predicted molar refractivity (Wildman–Crippen MR) is 85.1 cm³/mol. The Morgan fingerprint density at radius 3 is 2.33 bits per heavy atom. The molecule has 8 heteroatoms. The summed E-state index contributed by atoms with van der Waals surface area (Å²) in [5.41, 5.74) is 0. The number of aliphatic carboxylic acids is 1. The zero-order valence-electron chi connectivity index (χ0n) is 14.1. The van der Waals surface area contributed by atoms with Crippen LogP contribution in [-0.4, -0.2) is 60.0 Å². The molecule has 0 aromatic heterocycles. The van der Waals surface area contributed by atoms with Gasteiger partial charge in [-0.3, -0.25) is 14.4 Å². The number of nitrogens with zero attached hydrogens (tertiary/aromatic N) is 1. The molecule has 0 aromatic carbocycles. The lowest BCUT2D eigenvalue weighted by molar-refractivity contribution is -0.143. The zero-order chi connectivity index (χ0) is 17.9. The molecule has 1 atom stereocenters. The lowest BCUT2D eigenvalue weighted by Gasteiger charge is -2.27. The van der Waals surface area contributed by atoms with E-state index < -0.39 is 23.9 Å². The third kappa shape index (κ3) is 7.43. The van der Waals surface area contributed by atoms with Crippen molar-refractivity contribution in [2.45, 2.75) is 57.4 Å². The van der Waals surface area contributed by atoms with Crippen molar-refractivity contribution in [3.05, 3.63) is 0 Å². The largest absolute Gasteiger partial charge is 0.480 e. The highest BCUT2D eigenvalue weighted by atomic mass is 16.5. The minimum Gasteiger partial charge on any atom is -0.480 e. The van der Waals surface area contributed by atoms with Crippen molar-refractivity contribution in [1.82, 2.24) is 10.2 Å². The van der Waals surface area contributed by atoms with Gasteiger partial charge in [-0.05, 0) is 32.1 Å². The second kappa shape index (κ2) is 10.6. The quantitative estimate of drug-likeness (QED) is 0.596. The molecular formula is C16H26N2O6. The summed E-state index contributed by atoms with van der Waals surface area (Å²) >= 11 is 0. The zero-order valence-corrected chi connectivity index (χ0v) is 14.1. The first-order chi connectivity index (χ1) is 11.4. The van der Waals surface area contributed by atoms with Crippen molar-refractivity contribution in [1.29, 1.82) is 0 Å². The molecule has 1 rings (SSSR count). The average molecular weight is 342 g/mol. The van der Waals surface area contributed by atoms with Crippen LogP contribution in [0, 0.1) is 0 Å². The number of hydrogen-bond donors (Lipinski definition) is 2. The van der Waals surface area contributed by atoms with E-state index in [9.17, 15) is 24.3 Å². The normalized spacial score (nSPS) is 15.5. The van der Waals surface area contributed by atoms with E-state index >= 15 is 0 Å². The molecule has 0 bridgehead atoms. The molecule has 24 heavy (non-hydrogen) atoms. The fourth-order valence-electron chi connectivity index (χ4n) is 2.59. The van der Waals surface area contributed by atoms with Crippen LogP contribution < -0.4 is 5.32 Å². The Labute approximate surface area is 141 Å². The average Bonchev–Trinajstić information content (AvgIpc) is 2.58. The second-order valence-corrected chi connectivity index (χ2v) is 5.87. The number of carboxylic acid groups (broad SMARTS) is 1. The van der Waals surface area contributed by atoms with Gasteiger partial charge in [0.2, 0.25) is 11.8 Å². The monoisotopic (exact) mass is 342 g/mol. The highest BCUT2D eigenvalue weighted by Crippen LogP contribution is 2.11. The van der Waals surface area contributed by atoms with Crippen LogP contribution in [0.1, 0.15) is 51.4 Å². The summed E-state index contributed by atoms with van der Waals surface area (Å²) in [4.78, 5) is 47.8. The highest BCUT2D eigenvalue weighted by Gasteiger charge is 2.23. The van der Waals surface area contributed by atoms with E-state index in [1.54, 1.807) is 4.90 Å². The molecule has 0 radical (unpaired) electrons. The number of carbonyl (C=O) groups is 4. The van der Waals surface area contributed by atoms with Crippen molar-refractivity contribution in [2.24, 2.45) is 0 Å². The van der Waals surface area contributed by atoms with Crippen molar-refractivity contribution in [2.75, 3.05) is 20.2 Å².